The number of aryl methyl sites for hydroxylation is 1. The zero-order chi connectivity index (χ0) is 18.0. The zero-order valence-electron chi connectivity index (χ0n) is 13.6. The summed E-state index contributed by atoms with van der Waals surface area (Å²) in [5.74, 6) is -2.35. The van der Waals surface area contributed by atoms with E-state index in [9.17, 15) is 13.2 Å². The molecule has 0 saturated carbocycles. The van der Waals surface area contributed by atoms with Crippen molar-refractivity contribution in [3.05, 3.63) is 81.2 Å². The third-order valence-corrected chi connectivity index (χ3v) is 4.87. The Morgan fingerprint density at radius 3 is 2.00 bits per heavy atom. The van der Waals surface area contributed by atoms with E-state index >= 15 is 0 Å². The molecule has 0 N–H and O–H groups in total. The van der Waals surface area contributed by atoms with Crippen molar-refractivity contribution < 1.29 is 13.2 Å². The largest absolute Gasteiger partial charge is 0.206 e. The zero-order valence-corrected chi connectivity index (χ0v) is 15.8. The summed E-state index contributed by atoms with van der Waals surface area (Å²) < 4.78 is 41.7. The molecular formula is C21H16F3I. The minimum atomic E-state index is -0.975. The Morgan fingerprint density at radius 1 is 0.760 bits per heavy atom. The van der Waals surface area contributed by atoms with Crippen LogP contribution in [-0.2, 0) is 6.42 Å². The number of halogens is 4. The first kappa shape index (κ1) is 18.0. The molecule has 0 amide bonds. The maximum atomic E-state index is 14.6. The molecule has 0 aromatic heterocycles. The SMILES string of the molecule is CCCc1ccc(-c2ccc(-c3cc(F)c(F)c(I)c3)c(F)c2)cc1. The van der Waals surface area contributed by atoms with E-state index in [2.05, 4.69) is 6.92 Å². The van der Waals surface area contributed by atoms with Gasteiger partial charge in [-0.05, 0) is 69.5 Å². The molecule has 4 heteroatoms. The normalized spacial score (nSPS) is 10.9. The van der Waals surface area contributed by atoms with Crippen LogP contribution in [0.3, 0.4) is 0 Å². The second kappa shape index (κ2) is 7.60. The lowest BCUT2D eigenvalue weighted by atomic mass is 9.98. The van der Waals surface area contributed by atoms with Crippen LogP contribution in [-0.4, -0.2) is 0 Å². The summed E-state index contributed by atoms with van der Waals surface area (Å²) in [6, 6.07) is 15.3. The Morgan fingerprint density at radius 2 is 1.40 bits per heavy atom. The first-order chi connectivity index (χ1) is 12.0. The summed E-state index contributed by atoms with van der Waals surface area (Å²) >= 11 is 1.70. The summed E-state index contributed by atoms with van der Waals surface area (Å²) in [5.41, 5.74) is 3.50. The molecule has 3 aromatic rings. The van der Waals surface area contributed by atoms with Gasteiger partial charge in [0.05, 0.1) is 3.57 Å². The molecule has 0 unspecified atom stereocenters. The number of rotatable bonds is 4. The van der Waals surface area contributed by atoms with Gasteiger partial charge in [0.25, 0.3) is 0 Å². The summed E-state index contributed by atoms with van der Waals surface area (Å²) in [6.07, 6.45) is 2.10. The lowest BCUT2D eigenvalue weighted by molar-refractivity contribution is 0.504. The van der Waals surface area contributed by atoms with Gasteiger partial charge in [0.2, 0.25) is 0 Å². The molecule has 0 atom stereocenters. The highest BCUT2D eigenvalue weighted by atomic mass is 127. The van der Waals surface area contributed by atoms with Gasteiger partial charge >= 0.3 is 0 Å². The van der Waals surface area contributed by atoms with Crippen molar-refractivity contribution in [1.29, 1.82) is 0 Å². The molecule has 0 saturated heterocycles. The van der Waals surface area contributed by atoms with E-state index in [4.69, 9.17) is 0 Å². The minimum Gasteiger partial charge on any atom is -0.206 e. The van der Waals surface area contributed by atoms with E-state index in [0.717, 1.165) is 30.0 Å². The Hall–Kier alpha value is -1.82. The van der Waals surface area contributed by atoms with Crippen molar-refractivity contribution in [1.82, 2.24) is 0 Å². The maximum Gasteiger partial charge on any atom is 0.172 e. The van der Waals surface area contributed by atoms with Crippen molar-refractivity contribution >= 4 is 22.6 Å². The molecule has 128 valence electrons. The van der Waals surface area contributed by atoms with Crippen LogP contribution >= 0.6 is 22.6 Å². The van der Waals surface area contributed by atoms with Crippen LogP contribution in [0, 0.1) is 21.0 Å². The molecular weight excluding hydrogens is 436 g/mol. The number of hydrogen-bond donors (Lipinski definition) is 0. The maximum absolute atomic E-state index is 14.6. The topological polar surface area (TPSA) is 0 Å². The fraction of sp³-hybridized carbons (Fsp3) is 0.143. The molecule has 3 aromatic carbocycles. The quantitative estimate of drug-likeness (QED) is 0.296. The van der Waals surface area contributed by atoms with Crippen molar-refractivity contribution in [3.8, 4) is 22.3 Å². The third kappa shape index (κ3) is 3.89. The van der Waals surface area contributed by atoms with Gasteiger partial charge in [0.15, 0.2) is 11.6 Å². The van der Waals surface area contributed by atoms with Crippen molar-refractivity contribution in [2.75, 3.05) is 0 Å². The first-order valence-electron chi connectivity index (χ1n) is 8.03. The Bertz CT molecular complexity index is 879. The highest BCUT2D eigenvalue weighted by molar-refractivity contribution is 14.1. The highest BCUT2D eigenvalue weighted by Gasteiger charge is 2.13. The van der Waals surface area contributed by atoms with E-state index < -0.39 is 17.5 Å². The van der Waals surface area contributed by atoms with Gasteiger partial charge in [-0.15, -0.1) is 0 Å². The second-order valence-corrected chi connectivity index (χ2v) is 7.06. The van der Waals surface area contributed by atoms with Gasteiger partial charge in [0.1, 0.15) is 5.82 Å². The number of hydrogen-bond acceptors (Lipinski definition) is 0. The van der Waals surface area contributed by atoms with Gasteiger partial charge < -0.3 is 0 Å². The van der Waals surface area contributed by atoms with Crippen LogP contribution in [0.15, 0.2) is 54.6 Å². The summed E-state index contributed by atoms with van der Waals surface area (Å²) in [6.45, 7) is 2.13. The highest BCUT2D eigenvalue weighted by Crippen LogP contribution is 2.30. The van der Waals surface area contributed by atoms with Crippen molar-refractivity contribution in [3.63, 3.8) is 0 Å². The van der Waals surface area contributed by atoms with E-state index in [0.29, 0.717) is 5.56 Å². The van der Waals surface area contributed by atoms with Gasteiger partial charge in [-0.25, -0.2) is 13.2 Å². The summed E-state index contributed by atoms with van der Waals surface area (Å²) in [4.78, 5) is 0. The van der Waals surface area contributed by atoms with E-state index in [1.807, 2.05) is 24.3 Å². The molecule has 0 bridgehead atoms. The fourth-order valence-corrected chi connectivity index (χ4v) is 3.39. The summed E-state index contributed by atoms with van der Waals surface area (Å²) in [7, 11) is 0. The molecule has 0 spiro atoms. The Balaban J connectivity index is 1.96. The smallest absolute Gasteiger partial charge is 0.172 e. The third-order valence-electron chi connectivity index (χ3n) is 4.09. The van der Waals surface area contributed by atoms with Crippen LogP contribution in [0.1, 0.15) is 18.9 Å². The van der Waals surface area contributed by atoms with Crippen molar-refractivity contribution in [2.45, 2.75) is 19.8 Å². The van der Waals surface area contributed by atoms with Crippen LogP contribution in [0.2, 0.25) is 0 Å². The Labute approximate surface area is 158 Å². The second-order valence-electron chi connectivity index (χ2n) is 5.90. The molecule has 0 nitrogen and oxygen atoms in total. The average Bonchev–Trinajstić information content (AvgIpc) is 2.60. The van der Waals surface area contributed by atoms with Gasteiger partial charge in [-0.3, -0.25) is 0 Å². The fourth-order valence-electron chi connectivity index (χ4n) is 2.79. The lowest BCUT2D eigenvalue weighted by Crippen LogP contribution is -1.93. The molecule has 0 aliphatic rings. The molecule has 3 rings (SSSR count). The van der Waals surface area contributed by atoms with E-state index in [1.165, 1.54) is 17.7 Å². The van der Waals surface area contributed by atoms with Crippen LogP contribution in [0.25, 0.3) is 22.3 Å². The molecule has 0 aliphatic heterocycles. The van der Waals surface area contributed by atoms with Crippen LogP contribution in [0.5, 0.6) is 0 Å². The van der Waals surface area contributed by atoms with Crippen LogP contribution in [0.4, 0.5) is 13.2 Å². The first-order valence-corrected chi connectivity index (χ1v) is 9.11. The molecule has 0 aliphatic carbocycles. The predicted octanol–water partition coefficient (Wildman–Crippen LogP) is 7.00. The molecule has 0 heterocycles. The Kier molecular flexibility index (Phi) is 5.47. The van der Waals surface area contributed by atoms with Crippen molar-refractivity contribution in [2.24, 2.45) is 0 Å². The van der Waals surface area contributed by atoms with Gasteiger partial charge in [-0.2, -0.15) is 0 Å². The standard InChI is InChI=1S/C21H16F3I/c1-2-3-13-4-6-14(7-5-13)15-8-9-17(18(22)10-15)16-11-19(23)21(24)20(25)12-16/h4-12H,2-3H2,1H3. The van der Waals surface area contributed by atoms with E-state index in [-0.39, 0.29) is 9.13 Å². The molecule has 25 heavy (non-hydrogen) atoms. The molecule has 0 fully saturated rings. The lowest BCUT2D eigenvalue weighted by Gasteiger charge is -2.09. The monoisotopic (exact) mass is 452 g/mol. The van der Waals surface area contributed by atoms with Gasteiger partial charge in [-0.1, -0.05) is 49.7 Å². The number of benzene rings is 3. The van der Waals surface area contributed by atoms with Crippen LogP contribution < -0.4 is 0 Å². The summed E-state index contributed by atoms with van der Waals surface area (Å²) in [5, 5.41) is 0. The predicted molar refractivity (Wildman–Crippen MR) is 104 cm³/mol. The van der Waals surface area contributed by atoms with Gasteiger partial charge in [0, 0.05) is 5.56 Å². The minimum absolute atomic E-state index is 0.127. The average molecular weight is 452 g/mol. The molecule has 0 radical (unpaired) electrons. The van der Waals surface area contributed by atoms with E-state index in [1.54, 1.807) is 34.7 Å².